The predicted molar refractivity (Wildman–Crippen MR) is 107 cm³/mol. The zero-order valence-corrected chi connectivity index (χ0v) is 15.5. The summed E-state index contributed by atoms with van der Waals surface area (Å²) >= 11 is 0. The standard InChI is InChI=1S/C22H23N3O2/c1-16-7-9-17(10-8-16)14-25-22(26)18-11-12-23-21(13-18)24-15-19-5-3-4-6-20(19)27-2/h3-13H,14-15H2,1-2H3,(H,23,24)(H,25,26). The maximum atomic E-state index is 12.4. The van der Waals surface area contributed by atoms with Crippen LogP contribution in [0.3, 0.4) is 0 Å². The Bertz CT molecular complexity index is 907. The number of nitrogens with zero attached hydrogens (tertiary/aromatic N) is 1. The van der Waals surface area contributed by atoms with E-state index < -0.39 is 0 Å². The molecule has 1 amide bonds. The summed E-state index contributed by atoms with van der Waals surface area (Å²) in [7, 11) is 1.65. The highest BCUT2D eigenvalue weighted by Gasteiger charge is 2.08. The van der Waals surface area contributed by atoms with Gasteiger partial charge in [0.25, 0.3) is 5.91 Å². The molecule has 0 spiro atoms. The maximum absolute atomic E-state index is 12.4. The smallest absolute Gasteiger partial charge is 0.251 e. The molecule has 0 atom stereocenters. The molecule has 5 heteroatoms. The van der Waals surface area contributed by atoms with Crippen LogP contribution in [-0.2, 0) is 13.1 Å². The molecule has 0 bridgehead atoms. The number of hydrogen-bond acceptors (Lipinski definition) is 4. The summed E-state index contributed by atoms with van der Waals surface area (Å²) in [5, 5.41) is 6.18. The summed E-state index contributed by atoms with van der Waals surface area (Å²) in [6.07, 6.45) is 1.63. The summed E-state index contributed by atoms with van der Waals surface area (Å²) in [4.78, 5) is 16.7. The van der Waals surface area contributed by atoms with Crippen molar-refractivity contribution in [2.75, 3.05) is 12.4 Å². The largest absolute Gasteiger partial charge is 0.496 e. The van der Waals surface area contributed by atoms with Crippen LogP contribution in [0.25, 0.3) is 0 Å². The Morgan fingerprint density at radius 2 is 1.81 bits per heavy atom. The molecule has 5 nitrogen and oxygen atoms in total. The van der Waals surface area contributed by atoms with E-state index in [1.54, 1.807) is 25.4 Å². The van der Waals surface area contributed by atoms with E-state index in [1.165, 1.54) is 5.56 Å². The summed E-state index contributed by atoms with van der Waals surface area (Å²) in [6.45, 7) is 3.09. The lowest BCUT2D eigenvalue weighted by molar-refractivity contribution is 0.0951. The maximum Gasteiger partial charge on any atom is 0.251 e. The summed E-state index contributed by atoms with van der Waals surface area (Å²) < 4.78 is 5.35. The molecule has 27 heavy (non-hydrogen) atoms. The number of hydrogen-bond donors (Lipinski definition) is 2. The molecule has 0 saturated heterocycles. The van der Waals surface area contributed by atoms with Gasteiger partial charge in [-0.1, -0.05) is 48.0 Å². The van der Waals surface area contributed by atoms with E-state index >= 15 is 0 Å². The third kappa shape index (κ3) is 5.07. The lowest BCUT2D eigenvalue weighted by Crippen LogP contribution is -2.23. The number of nitrogens with one attached hydrogen (secondary N) is 2. The second kappa shape index (κ2) is 8.85. The van der Waals surface area contributed by atoms with Crippen molar-refractivity contribution >= 4 is 11.7 Å². The van der Waals surface area contributed by atoms with E-state index in [0.29, 0.717) is 24.5 Å². The molecule has 2 N–H and O–H groups in total. The van der Waals surface area contributed by atoms with E-state index in [2.05, 4.69) is 15.6 Å². The fraction of sp³-hybridized carbons (Fsp3) is 0.182. The molecule has 0 aliphatic carbocycles. The zero-order valence-electron chi connectivity index (χ0n) is 15.5. The van der Waals surface area contributed by atoms with Crippen molar-refractivity contribution in [3.8, 4) is 5.75 Å². The molecule has 0 aliphatic rings. The molecular weight excluding hydrogens is 338 g/mol. The van der Waals surface area contributed by atoms with Gasteiger partial charge >= 0.3 is 0 Å². The van der Waals surface area contributed by atoms with E-state index in [9.17, 15) is 4.79 Å². The molecule has 0 aliphatic heterocycles. The third-order valence-electron chi connectivity index (χ3n) is 4.25. The minimum Gasteiger partial charge on any atom is -0.496 e. The molecule has 2 aromatic carbocycles. The van der Waals surface area contributed by atoms with Gasteiger partial charge in [0.15, 0.2) is 0 Å². The Labute approximate surface area is 159 Å². The first-order valence-corrected chi connectivity index (χ1v) is 8.81. The number of anilines is 1. The summed E-state index contributed by atoms with van der Waals surface area (Å²) in [5.74, 6) is 1.33. The number of pyridine rings is 1. The quantitative estimate of drug-likeness (QED) is 0.669. The van der Waals surface area contributed by atoms with Crippen molar-refractivity contribution in [2.45, 2.75) is 20.0 Å². The Hall–Kier alpha value is -3.34. The van der Waals surface area contributed by atoms with Crippen LogP contribution >= 0.6 is 0 Å². The third-order valence-corrected chi connectivity index (χ3v) is 4.25. The Balaban J connectivity index is 1.60. The molecular formula is C22H23N3O2. The molecule has 0 radical (unpaired) electrons. The van der Waals surface area contributed by atoms with Crippen molar-refractivity contribution in [1.82, 2.24) is 10.3 Å². The van der Waals surface area contributed by atoms with Crippen molar-refractivity contribution < 1.29 is 9.53 Å². The molecule has 3 rings (SSSR count). The second-order valence-corrected chi connectivity index (χ2v) is 6.26. The van der Waals surface area contributed by atoms with Crippen LogP contribution in [0.5, 0.6) is 5.75 Å². The van der Waals surface area contributed by atoms with Crippen LogP contribution < -0.4 is 15.4 Å². The van der Waals surface area contributed by atoms with Crippen LogP contribution in [0.15, 0.2) is 66.9 Å². The van der Waals surface area contributed by atoms with Crippen molar-refractivity contribution in [3.05, 3.63) is 89.1 Å². The number of aromatic nitrogens is 1. The molecule has 138 valence electrons. The highest BCUT2D eigenvalue weighted by atomic mass is 16.5. The van der Waals surface area contributed by atoms with E-state index in [1.807, 2.05) is 55.5 Å². The fourth-order valence-corrected chi connectivity index (χ4v) is 2.69. The lowest BCUT2D eigenvalue weighted by atomic mass is 10.1. The van der Waals surface area contributed by atoms with E-state index in [4.69, 9.17) is 4.74 Å². The van der Waals surface area contributed by atoms with Crippen LogP contribution in [-0.4, -0.2) is 18.0 Å². The number of carbonyl (C=O) groups excluding carboxylic acids is 1. The average Bonchev–Trinajstić information content (AvgIpc) is 2.72. The van der Waals surface area contributed by atoms with Gasteiger partial charge in [-0.15, -0.1) is 0 Å². The van der Waals surface area contributed by atoms with Crippen molar-refractivity contribution in [1.29, 1.82) is 0 Å². The Kier molecular flexibility index (Phi) is 6.05. The number of carbonyl (C=O) groups is 1. The number of rotatable bonds is 7. The lowest BCUT2D eigenvalue weighted by Gasteiger charge is -2.11. The monoisotopic (exact) mass is 361 g/mol. The first-order chi connectivity index (χ1) is 13.2. The molecule has 0 unspecified atom stereocenters. The van der Waals surface area contributed by atoms with Crippen molar-refractivity contribution in [3.63, 3.8) is 0 Å². The molecule has 1 aromatic heterocycles. The van der Waals surface area contributed by atoms with Gasteiger partial charge in [-0.25, -0.2) is 4.98 Å². The Morgan fingerprint density at radius 3 is 2.59 bits per heavy atom. The van der Waals surface area contributed by atoms with Crippen LogP contribution in [0.4, 0.5) is 5.82 Å². The number of aryl methyl sites for hydroxylation is 1. The first-order valence-electron chi connectivity index (χ1n) is 8.81. The number of amides is 1. The van der Waals surface area contributed by atoms with Crippen LogP contribution in [0.1, 0.15) is 27.0 Å². The van der Waals surface area contributed by atoms with Gasteiger partial charge < -0.3 is 15.4 Å². The van der Waals surface area contributed by atoms with Gasteiger partial charge in [-0.05, 0) is 30.7 Å². The number of ether oxygens (including phenoxy) is 1. The number of para-hydroxylation sites is 1. The molecule has 0 saturated carbocycles. The van der Waals surface area contributed by atoms with Gasteiger partial charge in [0.1, 0.15) is 11.6 Å². The summed E-state index contributed by atoms with van der Waals surface area (Å²) in [5.41, 5.74) is 3.86. The van der Waals surface area contributed by atoms with Gasteiger partial charge in [0.2, 0.25) is 0 Å². The van der Waals surface area contributed by atoms with E-state index in [0.717, 1.165) is 16.9 Å². The van der Waals surface area contributed by atoms with Crippen LogP contribution in [0.2, 0.25) is 0 Å². The molecule has 1 heterocycles. The number of benzene rings is 2. The summed E-state index contributed by atoms with van der Waals surface area (Å²) in [6, 6.07) is 19.4. The Morgan fingerprint density at radius 1 is 1.04 bits per heavy atom. The predicted octanol–water partition coefficient (Wildman–Crippen LogP) is 3.94. The zero-order chi connectivity index (χ0) is 19.1. The minimum absolute atomic E-state index is 0.127. The fourth-order valence-electron chi connectivity index (χ4n) is 2.69. The molecule has 3 aromatic rings. The second-order valence-electron chi connectivity index (χ2n) is 6.26. The van der Waals surface area contributed by atoms with Gasteiger partial charge in [0.05, 0.1) is 7.11 Å². The molecule has 0 fully saturated rings. The number of methoxy groups -OCH3 is 1. The van der Waals surface area contributed by atoms with Crippen molar-refractivity contribution in [2.24, 2.45) is 0 Å². The van der Waals surface area contributed by atoms with E-state index in [-0.39, 0.29) is 5.91 Å². The van der Waals surface area contributed by atoms with Crippen LogP contribution in [0, 0.1) is 6.92 Å². The SMILES string of the molecule is COc1ccccc1CNc1cc(C(=O)NCc2ccc(C)cc2)ccn1. The first kappa shape index (κ1) is 18.5. The van der Waals surface area contributed by atoms with Gasteiger partial charge in [-0.3, -0.25) is 4.79 Å². The average molecular weight is 361 g/mol. The normalized spacial score (nSPS) is 10.3. The van der Waals surface area contributed by atoms with Gasteiger partial charge in [-0.2, -0.15) is 0 Å². The topological polar surface area (TPSA) is 63.2 Å². The highest BCUT2D eigenvalue weighted by molar-refractivity contribution is 5.94. The highest BCUT2D eigenvalue weighted by Crippen LogP contribution is 2.18. The van der Waals surface area contributed by atoms with Gasteiger partial charge in [0, 0.05) is 30.4 Å². The minimum atomic E-state index is -0.127.